The summed E-state index contributed by atoms with van der Waals surface area (Å²) in [6, 6.07) is 3.09. The van der Waals surface area contributed by atoms with Crippen molar-refractivity contribution in [1.82, 2.24) is 4.72 Å². The molecule has 1 unspecified atom stereocenters. The molecule has 0 aromatic heterocycles. The lowest BCUT2D eigenvalue weighted by Gasteiger charge is -2.08. The van der Waals surface area contributed by atoms with Crippen molar-refractivity contribution < 1.29 is 17.9 Å². The fraction of sp³-hybridized carbons (Fsp3) is 0.333. The number of hydrogen-bond acceptors (Lipinski definition) is 3. The van der Waals surface area contributed by atoms with Crippen molar-refractivity contribution in [2.24, 2.45) is 0 Å². The topological polar surface area (TPSA) is 66.4 Å². The molecule has 0 aliphatic carbocycles. The van der Waals surface area contributed by atoms with Crippen molar-refractivity contribution in [3.8, 4) is 0 Å². The second-order valence-electron chi connectivity index (χ2n) is 3.28. The summed E-state index contributed by atoms with van der Waals surface area (Å²) in [7, 11) is -3.76. The molecule has 2 N–H and O–H groups in total. The number of aliphatic hydroxyl groups is 1. The molecule has 0 aliphatic rings. The number of rotatable bonds is 4. The van der Waals surface area contributed by atoms with E-state index >= 15 is 0 Å². The highest BCUT2D eigenvalue weighted by Gasteiger charge is 2.15. The summed E-state index contributed by atoms with van der Waals surface area (Å²) >= 11 is 5.47. The van der Waals surface area contributed by atoms with Crippen molar-refractivity contribution in [3.63, 3.8) is 0 Å². The SMILES string of the molecule is CC(O)CNS(=O)(=O)c1ccc(F)c(Cl)c1. The lowest BCUT2D eigenvalue weighted by Crippen LogP contribution is -2.30. The van der Waals surface area contributed by atoms with Crippen LogP contribution in [0.4, 0.5) is 4.39 Å². The number of benzene rings is 1. The molecular weight excluding hydrogens is 257 g/mol. The molecule has 1 aromatic carbocycles. The average molecular weight is 268 g/mol. The van der Waals surface area contributed by atoms with Gasteiger partial charge in [-0.25, -0.2) is 17.5 Å². The average Bonchev–Trinajstić information content (AvgIpc) is 2.19. The van der Waals surface area contributed by atoms with Gasteiger partial charge in [-0.2, -0.15) is 0 Å². The van der Waals surface area contributed by atoms with Crippen LogP contribution in [-0.2, 0) is 10.0 Å². The molecule has 0 heterocycles. The summed E-state index contributed by atoms with van der Waals surface area (Å²) < 4.78 is 38.2. The Balaban J connectivity index is 2.94. The quantitative estimate of drug-likeness (QED) is 0.860. The zero-order valence-electron chi connectivity index (χ0n) is 8.44. The first-order valence-corrected chi connectivity index (χ1v) is 6.32. The number of halogens is 2. The number of aliphatic hydroxyl groups excluding tert-OH is 1. The molecule has 0 radical (unpaired) electrons. The van der Waals surface area contributed by atoms with Gasteiger partial charge in [0, 0.05) is 6.54 Å². The van der Waals surface area contributed by atoms with E-state index in [4.69, 9.17) is 16.7 Å². The maximum atomic E-state index is 12.8. The minimum Gasteiger partial charge on any atom is -0.392 e. The zero-order chi connectivity index (χ0) is 12.3. The van der Waals surface area contributed by atoms with Crippen LogP contribution in [0.15, 0.2) is 23.1 Å². The van der Waals surface area contributed by atoms with Crippen molar-refractivity contribution in [1.29, 1.82) is 0 Å². The molecule has 16 heavy (non-hydrogen) atoms. The van der Waals surface area contributed by atoms with Gasteiger partial charge in [-0.05, 0) is 25.1 Å². The van der Waals surface area contributed by atoms with E-state index < -0.39 is 21.9 Å². The van der Waals surface area contributed by atoms with E-state index in [9.17, 15) is 12.8 Å². The molecule has 90 valence electrons. The van der Waals surface area contributed by atoms with Gasteiger partial charge in [0.15, 0.2) is 0 Å². The zero-order valence-corrected chi connectivity index (χ0v) is 10.0. The Morgan fingerprint density at radius 2 is 2.19 bits per heavy atom. The van der Waals surface area contributed by atoms with Gasteiger partial charge < -0.3 is 5.11 Å². The Hall–Kier alpha value is -0.690. The second-order valence-corrected chi connectivity index (χ2v) is 5.45. The third-order valence-corrected chi connectivity index (χ3v) is 3.48. The van der Waals surface area contributed by atoms with Gasteiger partial charge in [-0.15, -0.1) is 0 Å². The minimum absolute atomic E-state index is 0.114. The van der Waals surface area contributed by atoms with Crippen LogP contribution in [0.2, 0.25) is 5.02 Å². The molecule has 7 heteroatoms. The smallest absolute Gasteiger partial charge is 0.240 e. The van der Waals surface area contributed by atoms with E-state index in [0.29, 0.717) is 0 Å². The molecule has 1 aromatic rings. The highest BCUT2D eigenvalue weighted by atomic mass is 35.5. The molecule has 0 amide bonds. The summed E-state index contributed by atoms with van der Waals surface area (Å²) in [5.74, 6) is -0.684. The molecule has 0 bridgehead atoms. The highest BCUT2D eigenvalue weighted by Crippen LogP contribution is 2.19. The van der Waals surface area contributed by atoms with Crippen LogP contribution in [-0.4, -0.2) is 26.2 Å². The van der Waals surface area contributed by atoms with E-state index in [1.807, 2.05) is 0 Å². The summed E-state index contributed by atoms with van der Waals surface area (Å²) in [4.78, 5) is -0.139. The van der Waals surface area contributed by atoms with E-state index in [1.54, 1.807) is 0 Å². The maximum absolute atomic E-state index is 12.8. The number of hydrogen-bond donors (Lipinski definition) is 2. The van der Waals surface area contributed by atoms with E-state index in [2.05, 4.69) is 4.72 Å². The predicted molar refractivity (Wildman–Crippen MR) is 58.3 cm³/mol. The number of nitrogens with one attached hydrogen (secondary N) is 1. The monoisotopic (exact) mass is 267 g/mol. The predicted octanol–water partition coefficient (Wildman–Crippen LogP) is 1.14. The molecule has 0 saturated carbocycles. The van der Waals surface area contributed by atoms with Gasteiger partial charge in [0.25, 0.3) is 0 Å². The molecule has 0 fully saturated rings. The second kappa shape index (κ2) is 5.09. The molecule has 4 nitrogen and oxygen atoms in total. The van der Waals surface area contributed by atoms with Gasteiger partial charge in [-0.3, -0.25) is 0 Å². The minimum atomic E-state index is -3.76. The van der Waals surface area contributed by atoms with Crippen LogP contribution < -0.4 is 4.72 Å². The first-order chi connectivity index (χ1) is 7.33. The highest BCUT2D eigenvalue weighted by molar-refractivity contribution is 7.89. The van der Waals surface area contributed by atoms with E-state index in [-0.39, 0.29) is 16.5 Å². The van der Waals surface area contributed by atoms with Gasteiger partial charge in [0.2, 0.25) is 10.0 Å². The summed E-state index contributed by atoms with van der Waals surface area (Å²) in [6.45, 7) is 1.33. The Kier molecular flexibility index (Phi) is 4.26. The maximum Gasteiger partial charge on any atom is 0.240 e. The van der Waals surface area contributed by atoms with Gasteiger partial charge >= 0.3 is 0 Å². The molecule has 0 spiro atoms. The van der Waals surface area contributed by atoms with E-state index in [0.717, 1.165) is 18.2 Å². The first kappa shape index (κ1) is 13.4. The third kappa shape index (κ3) is 3.41. The Labute approximate surface area is 98.1 Å². The molecular formula is C9H11ClFNO3S. The van der Waals surface area contributed by atoms with Crippen LogP contribution >= 0.6 is 11.6 Å². The summed E-state index contributed by atoms with van der Waals surface area (Å²) in [6.07, 6.45) is -0.800. The fourth-order valence-corrected chi connectivity index (χ4v) is 2.35. The van der Waals surface area contributed by atoms with Crippen LogP contribution in [0, 0.1) is 5.82 Å². The first-order valence-electron chi connectivity index (χ1n) is 4.45. The van der Waals surface area contributed by atoms with Crippen molar-refractivity contribution in [2.75, 3.05) is 6.54 Å². The van der Waals surface area contributed by atoms with Crippen molar-refractivity contribution in [3.05, 3.63) is 29.0 Å². The van der Waals surface area contributed by atoms with Gasteiger partial charge in [-0.1, -0.05) is 11.6 Å². The fourth-order valence-electron chi connectivity index (χ4n) is 0.958. The Morgan fingerprint density at radius 3 is 2.69 bits per heavy atom. The lowest BCUT2D eigenvalue weighted by molar-refractivity contribution is 0.198. The summed E-state index contributed by atoms with van der Waals surface area (Å²) in [5, 5.41) is 8.68. The van der Waals surface area contributed by atoms with Crippen LogP contribution in [0.3, 0.4) is 0 Å². The third-order valence-electron chi connectivity index (χ3n) is 1.77. The summed E-state index contributed by atoms with van der Waals surface area (Å²) in [5.41, 5.74) is 0. The molecule has 0 aliphatic heterocycles. The number of sulfonamides is 1. The van der Waals surface area contributed by atoms with Gasteiger partial charge in [0.05, 0.1) is 16.0 Å². The van der Waals surface area contributed by atoms with Gasteiger partial charge in [0.1, 0.15) is 5.82 Å². The van der Waals surface area contributed by atoms with Crippen molar-refractivity contribution in [2.45, 2.75) is 17.9 Å². The van der Waals surface area contributed by atoms with Crippen LogP contribution in [0.25, 0.3) is 0 Å². The van der Waals surface area contributed by atoms with Crippen molar-refractivity contribution >= 4 is 21.6 Å². The van der Waals surface area contributed by atoms with E-state index in [1.165, 1.54) is 6.92 Å². The Bertz CT molecular complexity index is 476. The molecule has 1 atom stereocenters. The largest absolute Gasteiger partial charge is 0.392 e. The normalized spacial score (nSPS) is 13.8. The lowest BCUT2D eigenvalue weighted by atomic mass is 10.3. The Morgan fingerprint density at radius 1 is 1.56 bits per heavy atom. The van der Waals surface area contributed by atoms with Crippen LogP contribution in [0.1, 0.15) is 6.92 Å². The van der Waals surface area contributed by atoms with Crippen LogP contribution in [0.5, 0.6) is 0 Å². The molecule has 0 saturated heterocycles. The molecule has 1 rings (SSSR count). The standard InChI is InChI=1S/C9H11ClFNO3S/c1-6(13)5-12-16(14,15)7-2-3-9(11)8(10)4-7/h2-4,6,12-13H,5H2,1H3.